The summed E-state index contributed by atoms with van der Waals surface area (Å²) in [5.74, 6) is 0.904. The van der Waals surface area contributed by atoms with Gasteiger partial charge in [-0.1, -0.05) is 0 Å². The van der Waals surface area contributed by atoms with E-state index in [2.05, 4.69) is 21.2 Å². The van der Waals surface area contributed by atoms with Crippen molar-refractivity contribution in [1.82, 2.24) is 9.80 Å². The fourth-order valence-electron chi connectivity index (χ4n) is 2.59. The Morgan fingerprint density at radius 3 is 2.78 bits per heavy atom. The van der Waals surface area contributed by atoms with Gasteiger partial charge >= 0.3 is 0 Å². The molecule has 1 aliphatic rings. The van der Waals surface area contributed by atoms with Crippen molar-refractivity contribution in [3.63, 3.8) is 0 Å². The highest BCUT2D eigenvalue weighted by atomic mass is 32.1. The van der Waals surface area contributed by atoms with Crippen LogP contribution in [0.1, 0.15) is 11.3 Å². The maximum Gasteiger partial charge on any atom is 0.239 e. The zero-order valence-corrected chi connectivity index (χ0v) is 13.5. The number of rotatable bonds is 5. The number of carbonyl (C=O) groups is 1. The van der Waals surface area contributed by atoms with Gasteiger partial charge < -0.3 is 9.73 Å². The molecule has 0 saturated carbocycles. The van der Waals surface area contributed by atoms with Crippen LogP contribution in [-0.4, -0.2) is 48.4 Å². The summed E-state index contributed by atoms with van der Waals surface area (Å²) < 4.78 is 5.36. The lowest BCUT2D eigenvalue weighted by atomic mass is 10.3. The molecule has 6 nitrogen and oxygen atoms in total. The molecule has 0 bridgehead atoms. The minimum atomic E-state index is -0.0663. The summed E-state index contributed by atoms with van der Waals surface area (Å²) in [5.41, 5.74) is 0.520. The number of nitrogens with one attached hydrogen (secondary N) is 1. The molecule has 7 heteroatoms. The Hall–Kier alpha value is -2.14. The minimum Gasteiger partial charge on any atom is -0.468 e. The van der Waals surface area contributed by atoms with E-state index in [9.17, 15) is 4.79 Å². The molecule has 3 rings (SSSR count). The van der Waals surface area contributed by atoms with Crippen LogP contribution in [0.25, 0.3) is 0 Å². The van der Waals surface area contributed by atoms with Crippen molar-refractivity contribution in [2.75, 3.05) is 38.0 Å². The Morgan fingerprint density at radius 2 is 2.09 bits per heavy atom. The van der Waals surface area contributed by atoms with Gasteiger partial charge in [0.2, 0.25) is 5.91 Å². The molecule has 1 saturated heterocycles. The smallest absolute Gasteiger partial charge is 0.239 e. The van der Waals surface area contributed by atoms with Crippen molar-refractivity contribution >= 4 is 22.2 Å². The topological polar surface area (TPSA) is 72.5 Å². The number of thiophene rings is 1. The summed E-state index contributed by atoms with van der Waals surface area (Å²) in [4.78, 5) is 16.6. The number of hydrogen-bond acceptors (Lipinski definition) is 6. The summed E-state index contributed by atoms with van der Waals surface area (Å²) in [6.07, 6.45) is 1.69. The summed E-state index contributed by atoms with van der Waals surface area (Å²) in [7, 11) is 0. The van der Waals surface area contributed by atoms with E-state index in [1.165, 1.54) is 11.3 Å². The Kier molecular flexibility index (Phi) is 5.08. The van der Waals surface area contributed by atoms with Crippen LogP contribution in [0.3, 0.4) is 0 Å². The maximum absolute atomic E-state index is 12.1. The molecule has 0 radical (unpaired) electrons. The summed E-state index contributed by atoms with van der Waals surface area (Å²) in [5, 5.41) is 14.2. The van der Waals surface area contributed by atoms with Crippen LogP contribution in [0.5, 0.6) is 0 Å². The standard InChI is InChI=1S/C16H18N4O2S/c17-10-13-3-9-23-16(13)18-15(21)12-20-6-4-19(5-7-20)11-14-2-1-8-22-14/h1-3,8-9H,4-7,11-12H2,(H,18,21). The molecule has 23 heavy (non-hydrogen) atoms. The van der Waals surface area contributed by atoms with Gasteiger partial charge in [0.25, 0.3) is 0 Å². The van der Waals surface area contributed by atoms with Crippen LogP contribution in [0.15, 0.2) is 34.3 Å². The molecular weight excluding hydrogens is 312 g/mol. The summed E-state index contributed by atoms with van der Waals surface area (Å²) in [6.45, 7) is 4.70. The lowest BCUT2D eigenvalue weighted by Crippen LogP contribution is -2.48. The molecule has 0 spiro atoms. The van der Waals surface area contributed by atoms with E-state index < -0.39 is 0 Å². The van der Waals surface area contributed by atoms with Crippen molar-refractivity contribution in [2.45, 2.75) is 6.54 Å². The van der Waals surface area contributed by atoms with Gasteiger partial charge in [0.1, 0.15) is 16.8 Å². The number of nitrogens with zero attached hydrogens (tertiary/aromatic N) is 3. The number of nitriles is 1. The summed E-state index contributed by atoms with van der Waals surface area (Å²) >= 11 is 1.38. The Morgan fingerprint density at radius 1 is 1.30 bits per heavy atom. The quantitative estimate of drug-likeness (QED) is 0.907. The average molecular weight is 330 g/mol. The molecule has 1 amide bonds. The molecule has 1 aliphatic heterocycles. The molecule has 1 N–H and O–H groups in total. The predicted octanol–water partition coefficient (Wildman–Crippen LogP) is 1.97. The van der Waals surface area contributed by atoms with E-state index in [-0.39, 0.29) is 5.91 Å². The van der Waals surface area contributed by atoms with Crippen molar-refractivity contribution in [3.05, 3.63) is 41.2 Å². The number of furan rings is 1. The Balaban J connectivity index is 1.43. The van der Waals surface area contributed by atoms with Gasteiger partial charge in [0, 0.05) is 26.2 Å². The van der Waals surface area contributed by atoms with E-state index >= 15 is 0 Å². The first-order valence-corrected chi connectivity index (χ1v) is 8.37. The monoisotopic (exact) mass is 330 g/mol. The molecule has 2 aromatic heterocycles. The second-order valence-electron chi connectivity index (χ2n) is 5.46. The average Bonchev–Trinajstić information content (AvgIpc) is 3.20. The van der Waals surface area contributed by atoms with E-state index in [1.807, 2.05) is 17.5 Å². The van der Waals surface area contributed by atoms with Crippen molar-refractivity contribution in [3.8, 4) is 6.07 Å². The SMILES string of the molecule is N#Cc1ccsc1NC(=O)CN1CCN(Cc2ccco2)CC1. The van der Waals surface area contributed by atoms with Gasteiger partial charge in [-0.2, -0.15) is 5.26 Å². The minimum absolute atomic E-state index is 0.0663. The van der Waals surface area contributed by atoms with Crippen LogP contribution in [0.2, 0.25) is 0 Å². The fraction of sp³-hybridized carbons (Fsp3) is 0.375. The van der Waals surface area contributed by atoms with E-state index in [1.54, 1.807) is 12.3 Å². The van der Waals surface area contributed by atoms with Gasteiger partial charge in [-0.05, 0) is 23.6 Å². The number of piperazine rings is 1. The Labute approximate surface area is 138 Å². The molecular formula is C16H18N4O2S. The van der Waals surface area contributed by atoms with Gasteiger partial charge in [-0.3, -0.25) is 14.6 Å². The fourth-order valence-corrected chi connectivity index (χ4v) is 3.35. The van der Waals surface area contributed by atoms with E-state index in [0.29, 0.717) is 17.1 Å². The third-order valence-electron chi connectivity index (χ3n) is 3.83. The highest BCUT2D eigenvalue weighted by Gasteiger charge is 2.20. The van der Waals surface area contributed by atoms with Gasteiger partial charge in [0.15, 0.2) is 0 Å². The highest BCUT2D eigenvalue weighted by Crippen LogP contribution is 2.22. The predicted molar refractivity (Wildman–Crippen MR) is 88.1 cm³/mol. The van der Waals surface area contributed by atoms with Crippen molar-refractivity contribution in [1.29, 1.82) is 5.26 Å². The number of amides is 1. The zero-order chi connectivity index (χ0) is 16.1. The molecule has 3 heterocycles. The van der Waals surface area contributed by atoms with E-state index in [0.717, 1.165) is 38.5 Å². The van der Waals surface area contributed by atoms with Gasteiger partial charge in [-0.25, -0.2) is 0 Å². The Bertz CT molecular complexity index is 681. The second-order valence-corrected chi connectivity index (χ2v) is 6.37. The third kappa shape index (κ3) is 4.20. The largest absolute Gasteiger partial charge is 0.468 e. The van der Waals surface area contributed by atoms with Crippen LogP contribution >= 0.6 is 11.3 Å². The van der Waals surface area contributed by atoms with Crippen molar-refractivity contribution in [2.24, 2.45) is 0 Å². The van der Waals surface area contributed by atoms with Crippen molar-refractivity contribution < 1.29 is 9.21 Å². The summed E-state index contributed by atoms with van der Waals surface area (Å²) in [6, 6.07) is 7.67. The highest BCUT2D eigenvalue weighted by molar-refractivity contribution is 7.14. The first kappa shape index (κ1) is 15.7. The number of carbonyl (C=O) groups excluding carboxylic acids is 1. The maximum atomic E-state index is 12.1. The molecule has 2 aromatic rings. The van der Waals surface area contributed by atoms with Crippen LogP contribution in [0.4, 0.5) is 5.00 Å². The van der Waals surface area contributed by atoms with Gasteiger partial charge in [-0.15, -0.1) is 11.3 Å². The number of anilines is 1. The lowest BCUT2D eigenvalue weighted by Gasteiger charge is -2.33. The second kappa shape index (κ2) is 7.42. The molecule has 120 valence electrons. The molecule has 0 unspecified atom stereocenters. The molecule has 1 fully saturated rings. The molecule has 0 aromatic carbocycles. The third-order valence-corrected chi connectivity index (χ3v) is 4.66. The zero-order valence-electron chi connectivity index (χ0n) is 12.7. The van der Waals surface area contributed by atoms with E-state index in [4.69, 9.17) is 9.68 Å². The lowest BCUT2D eigenvalue weighted by molar-refractivity contribution is -0.117. The van der Waals surface area contributed by atoms with Crippen LogP contribution in [0, 0.1) is 11.3 Å². The van der Waals surface area contributed by atoms with Crippen LogP contribution < -0.4 is 5.32 Å². The molecule has 0 aliphatic carbocycles. The van der Waals surface area contributed by atoms with Crippen LogP contribution in [-0.2, 0) is 11.3 Å². The van der Waals surface area contributed by atoms with Gasteiger partial charge in [0.05, 0.1) is 24.9 Å². The normalized spacial score (nSPS) is 16.1. The first-order chi connectivity index (χ1) is 11.2. The molecule has 0 atom stereocenters. The number of hydrogen-bond donors (Lipinski definition) is 1. The first-order valence-electron chi connectivity index (χ1n) is 7.49.